The minimum absolute atomic E-state index is 0.0291. The first-order chi connectivity index (χ1) is 19.6. The summed E-state index contributed by atoms with van der Waals surface area (Å²) in [6.07, 6.45) is 1.96. The number of rotatable bonds is 10. The van der Waals surface area contributed by atoms with Gasteiger partial charge in [0.25, 0.3) is 11.8 Å². The summed E-state index contributed by atoms with van der Waals surface area (Å²) in [5.41, 5.74) is 9.72. The Kier molecular flexibility index (Phi) is 9.74. The first kappa shape index (κ1) is 29.8. The average molecular weight is 562 g/mol. The Morgan fingerprint density at radius 3 is 2.44 bits per heavy atom. The lowest BCUT2D eigenvalue weighted by Gasteiger charge is -2.33. The lowest BCUT2D eigenvalue weighted by atomic mass is 10.1. The van der Waals surface area contributed by atoms with Gasteiger partial charge in [-0.25, -0.2) is 9.97 Å². The second-order valence-corrected chi connectivity index (χ2v) is 10.6. The summed E-state index contributed by atoms with van der Waals surface area (Å²) in [5.74, 6) is 0.723. The number of likely N-dealkylation sites (tertiary alicyclic amines) is 1. The van der Waals surface area contributed by atoms with Gasteiger partial charge in [-0.1, -0.05) is 0 Å². The molecule has 0 saturated carbocycles. The molecule has 218 valence electrons. The lowest BCUT2D eigenvalue weighted by Crippen LogP contribution is -2.45. The van der Waals surface area contributed by atoms with Crippen LogP contribution in [0.5, 0.6) is 5.75 Å². The van der Waals surface area contributed by atoms with Crippen LogP contribution < -0.4 is 15.8 Å². The van der Waals surface area contributed by atoms with Crippen LogP contribution in [0.1, 0.15) is 30.1 Å². The van der Waals surface area contributed by atoms with Gasteiger partial charge < -0.3 is 35.6 Å². The predicted octanol–water partition coefficient (Wildman–Crippen LogP) is 2.85. The average Bonchev–Trinajstić information content (AvgIpc) is 2.97. The number of aliphatic hydroxyl groups is 1. The van der Waals surface area contributed by atoms with Crippen LogP contribution in [-0.4, -0.2) is 101 Å². The van der Waals surface area contributed by atoms with Crippen molar-refractivity contribution in [2.24, 2.45) is 0 Å². The number of hydrogen-bond donors (Lipinski definition) is 3. The highest BCUT2D eigenvalue weighted by Crippen LogP contribution is 2.30. The van der Waals surface area contributed by atoms with Gasteiger partial charge in [0.05, 0.1) is 11.4 Å². The maximum absolute atomic E-state index is 12.7. The number of likely N-dealkylation sites (N-methyl/N-ethyl adjacent to an activating group) is 2. The number of carbonyl (C=O) groups excluding carboxylic acids is 2. The van der Waals surface area contributed by atoms with Crippen LogP contribution in [0.25, 0.3) is 11.3 Å². The third kappa shape index (κ3) is 7.92. The van der Waals surface area contributed by atoms with E-state index in [0.29, 0.717) is 61.1 Å². The van der Waals surface area contributed by atoms with E-state index in [9.17, 15) is 14.7 Å². The number of benzene rings is 2. The quantitative estimate of drug-likeness (QED) is 0.319. The normalized spacial score (nSPS) is 14.5. The molecule has 1 aliphatic rings. The van der Waals surface area contributed by atoms with Gasteiger partial charge in [-0.15, -0.1) is 0 Å². The van der Waals surface area contributed by atoms with Crippen LogP contribution in [0.15, 0.2) is 54.7 Å². The number of carbonyl (C=O) groups is 2. The molecular formula is C30H39N7O4. The molecular weight excluding hydrogens is 522 g/mol. The Morgan fingerprint density at radius 1 is 1.10 bits per heavy atom. The molecule has 1 atom stereocenters. The molecule has 0 radical (unpaired) electrons. The van der Waals surface area contributed by atoms with Crippen molar-refractivity contribution in [1.29, 1.82) is 0 Å². The summed E-state index contributed by atoms with van der Waals surface area (Å²) in [7, 11) is 5.76. The highest BCUT2D eigenvalue weighted by molar-refractivity contribution is 5.94. The Labute approximate surface area is 240 Å². The number of aromatic nitrogens is 2. The number of piperidine rings is 1. The van der Waals surface area contributed by atoms with E-state index >= 15 is 0 Å². The number of ether oxygens (including phenoxy) is 1. The number of nitrogens with one attached hydrogen (secondary N) is 1. The maximum atomic E-state index is 12.7. The number of nitrogens with zero attached hydrogens (tertiary/aromatic N) is 5. The third-order valence-corrected chi connectivity index (χ3v) is 6.98. The number of nitrogen functional groups attached to an aromatic ring is 1. The standard InChI is InChI=1S/C30H39N7O4/c1-20(38)28(39)37-15-12-24(13-16-37)41-27-10-7-22(19-25(27)31)26-11-14-32-30(34-26)33-23-8-5-21(6-9-23)29(40)36(4)18-17-35(2)3/h5-11,14,19-20,24,38H,12-13,15-18,31H2,1-4H3,(H,32,33,34)/t20-/m0/s1. The smallest absolute Gasteiger partial charge is 0.253 e. The van der Waals surface area contributed by atoms with Gasteiger partial charge in [-0.3, -0.25) is 9.59 Å². The largest absolute Gasteiger partial charge is 0.488 e. The summed E-state index contributed by atoms with van der Waals surface area (Å²) in [4.78, 5) is 39.1. The van der Waals surface area contributed by atoms with Gasteiger partial charge in [0.15, 0.2) is 0 Å². The van der Waals surface area contributed by atoms with Gasteiger partial charge in [-0.05, 0) is 69.6 Å². The van der Waals surface area contributed by atoms with Crippen molar-refractivity contribution in [3.05, 3.63) is 60.3 Å². The predicted molar refractivity (Wildman–Crippen MR) is 159 cm³/mol. The fraction of sp³-hybridized carbons (Fsp3) is 0.400. The van der Waals surface area contributed by atoms with Crippen molar-refractivity contribution in [1.82, 2.24) is 24.7 Å². The fourth-order valence-corrected chi connectivity index (χ4v) is 4.53. The molecule has 2 heterocycles. The summed E-state index contributed by atoms with van der Waals surface area (Å²) >= 11 is 0. The molecule has 1 aliphatic heterocycles. The van der Waals surface area contributed by atoms with Crippen molar-refractivity contribution in [3.63, 3.8) is 0 Å². The molecule has 4 rings (SSSR count). The van der Waals surface area contributed by atoms with Crippen LogP contribution in [0.2, 0.25) is 0 Å². The van der Waals surface area contributed by atoms with Crippen molar-refractivity contribution in [2.45, 2.75) is 32.0 Å². The highest BCUT2D eigenvalue weighted by atomic mass is 16.5. The van der Waals surface area contributed by atoms with Gasteiger partial charge in [0.2, 0.25) is 5.95 Å². The van der Waals surface area contributed by atoms with Gasteiger partial charge in [0.1, 0.15) is 18.0 Å². The Hall–Kier alpha value is -4.22. The number of aliphatic hydroxyl groups excluding tert-OH is 1. The molecule has 2 amide bonds. The van der Waals surface area contributed by atoms with E-state index in [1.165, 1.54) is 6.92 Å². The Morgan fingerprint density at radius 2 is 1.80 bits per heavy atom. The van der Waals surface area contributed by atoms with E-state index in [2.05, 4.69) is 15.3 Å². The second kappa shape index (κ2) is 13.4. The first-order valence-electron chi connectivity index (χ1n) is 13.7. The molecule has 1 fully saturated rings. The van der Waals surface area contributed by atoms with Crippen molar-refractivity contribution < 1.29 is 19.4 Å². The number of amides is 2. The maximum Gasteiger partial charge on any atom is 0.253 e. The lowest BCUT2D eigenvalue weighted by molar-refractivity contribution is -0.141. The zero-order valence-electron chi connectivity index (χ0n) is 24.1. The minimum Gasteiger partial charge on any atom is -0.488 e. The van der Waals surface area contributed by atoms with E-state index in [0.717, 1.165) is 17.8 Å². The fourth-order valence-electron chi connectivity index (χ4n) is 4.53. The minimum atomic E-state index is -0.991. The second-order valence-electron chi connectivity index (χ2n) is 10.6. The molecule has 0 bridgehead atoms. The van der Waals surface area contributed by atoms with Gasteiger partial charge >= 0.3 is 0 Å². The van der Waals surface area contributed by atoms with Crippen molar-refractivity contribution in [2.75, 3.05) is 58.4 Å². The Balaban J connectivity index is 1.36. The van der Waals surface area contributed by atoms with E-state index in [-0.39, 0.29) is 17.9 Å². The van der Waals surface area contributed by atoms with Crippen LogP contribution in [0.3, 0.4) is 0 Å². The third-order valence-electron chi connectivity index (χ3n) is 6.98. The summed E-state index contributed by atoms with van der Waals surface area (Å²) in [5, 5.41) is 12.7. The van der Waals surface area contributed by atoms with Crippen molar-refractivity contribution >= 4 is 29.1 Å². The monoisotopic (exact) mass is 561 g/mol. The molecule has 11 heteroatoms. The first-order valence-corrected chi connectivity index (χ1v) is 13.7. The molecule has 4 N–H and O–H groups in total. The zero-order valence-corrected chi connectivity index (χ0v) is 24.1. The Bertz CT molecular complexity index is 1340. The topological polar surface area (TPSA) is 137 Å². The number of anilines is 3. The molecule has 41 heavy (non-hydrogen) atoms. The van der Waals surface area contributed by atoms with Gasteiger partial charge in [0, 0.05) is 69.1 Å². The van der Waals surface area contributed by atoms with E-state index in [1.807, 2.05) is 49.3 Å². The molecule has 1 saturated heterocycles. The molecule has 0 spiro atoms. The van der Waals surface area contributed by atoms with E-state index in [1.54, 1.807) is 41.2 Å². The highest BCUT2D eigenvalue weighted by Gasteiger charge is 2.26. The summed E-state index contributed by atoms with van der Waals surface area (Å²) in [6, 6.07) is 14.6. The van der Waals surface area contributed by atoms with Crippen molar-refractivity contribution in [3.8, 4) is 17.0 Å². The van der Waals surface area contributed by atoms with Crippen LogP contribution in [0, 0.1) is 0 Å². The van der Waals surface area contributed by atoms with E-state index < -0.39 is 6.10 Å². The number of nitrogens with two attached hydrogens (primary N) is 1. The van der Waals surface area contributed by atoms with Crippen LogP contribution >= 0.6 is 0 Å². The van der Waals surface area contributed by atoms with E-state index in [4.69, 9.17) is 10.5 Å². The molecule has 11 nitrogen and oxygen atoms in total. The molecule has 0 unspecified atom stereocenters. The van der Waals surface area contributed by atoms with Crippen LogP contribution in [-0.2, 0) is 4.79 Å². The molecule has 2 aromatic carbocycles. The molecule has 0 aliphatic carbocycles. The molecule has 1 aromatic heterocycles. The number of hydrogen-bond acceptors (Lipinski definition) is 9. The summed E-state index contributed by atoms with van der Waals surface area (Å²) in [6.45, 7) is 4.01. The zero-order chi connectivity index (χ0) is 29.5. The summed E-state index contributed by atoms with van der Waals surface area (Å²) < 4.78 is 6.13. The SMILES string of the molecule is C[C@H](O)C(=O)N1CCC(Oc2ccc(-c3ccnc(Nc4ccc(C(=O)N(C)CCN(C)C)cc4)n3)cc2N)CC1. The van der Waals surface area contributed by atoms with Crippen LogP contribution in [0.4, 0.5) is 17.3 Å². The molecule has 3 aromatic rings. The van der Waals surface area contributed by atoms with Gasteiger partial charge in [-0.2, -0.15) is 0 Å².